The summed E-state index contributed by atoms with van der Waals surface area (Å²) in [4.78, 5) is 26.1. The Hall–Kier alpha value is -2.63. The Labute approximate surface area is 174 Å². The van der Waals surface area contributed by atoms with Gasteiger partial charge in [-0.15, -0.1) is 0 Å². The van der Waals surface area contributed by atoms with Gasteiger partial charge in [0.05, 0.1) is 0 Å². The highest BCUT2D eigenvalue weighted by molar-refractivity contribution is 5.93. The molecule has 0 atom stereocenters. The molecular weight excluding hydrogens is 362 g/mol. The predicted molar refractivity (Wildman–Crippen MR) is 119 cm³/mol. The van der Waals surface area contributed by atoms with E-state index in [-0.39, 0.29) is 5.91 Å². The summed E-state index contributed by atoms with van der Waals surface area (Å²) in [5, 5.41) is 3.38. The molecule has 0 radical (unpaired) electrons. The minimum Gasteiger partial charge on any atom is -0.372 e. The number of aryl methyl sites for hydroxylation is 2. The number of carbonyl (C=O) groups excluding carboxylic acids is 1. The minimum absolute atomic E-state index is 0.000877. The number of amides is 1. The van der Waals surface area contributed by atoms with Crippen LogP contribution in [0.1, 0.15) is 55.5 Å². The molecule has 6 heteroatoms. The zero-order valence-corrected chi connectivity index (χ0v) is 18.3. The molecule has 0 saturated carbocycles. The second-order valence-electron chi connectivity index (χ2n) is 7.96. The highest BCUT2D eigenvalue weighted by Crippen LogP contribution is 2.26. The third kappa shape index (κ3) is 5.05. The maximum absolute atomic E-state index is 12.9. The minimum atomic E-state index is -0.000877. The molecule has 156 valence electrons. The van der Waals surface area contributed by atoms with Crippen LogP contribution in [0.2, 0.25) is 0 Å². The SMILES string of the molecule is CCN(CC)c1ccc(Nc2cc(C(=O)N3CCC(C)CC3)nc(C)n2)c(C)c1. The third-order valence-corrected chi connectivity index (χ3v) is 5.73. The fourth-order valence-corrected chi connectivity index (χ4v) is 3.83. The summed E-state index contributed by atoms with van der Waals surface area (Å²) >= 11 is 0. The molecule has 1 aliphatic rings. The molecule has 0 unspecified atom stereocenters. The first-order chi connectivity index (χ1) is 13.9. The number of piperidine rings is 1. The van der Waals surface area contributed by atoms with Crippen LogP contribution in [-0.4, -0.2) is 47.0 Å². The summed E-state index contributed by atoms with van der Waals surface area (Å²) in [6.45, 7) is 14.1. The van der Waals surface area contributed by atoms with E-state index in [2.05, 4.69) is 66.1 Å². The van der Waals surface area contributed by atoms with E-state index in [4.69, 9.17) is 0 Å². The highest BCUT2D eigenvalue weighted by Gasteiger charge is 2.23. The van der Waals surface area contributed by atoms with E-state index in [1.54, 1.807) is 6.07 Å². The molecule has 2 heterocycles. The van der Waals surface area contributed by atoms with Crippen LogP contribution in [0.4, 0.5) is 17.2 Å². The molecule has 1 aromatic carbocycles. The first-order valence-corrected chi connectivity index (χ1v) is 10.7. The number of nitrogens with one attached hydrogen (secondary N) is 1. The molecular formula is C23H33N5O. The van der Waals surface area contributed by atoms with E-state index < -0.39 is 0 Å². The average Bonchev–Trinajstić information content (AvgIpc) is 2.70. The molecule has 1 fully saturated rings. The maximum Gasteiger partial charge on any atom is 0.272 e. The lowest BCUT2D eigenvalue weighted by Gasteiger charge is -2.30. The van der Waals surface area contributed by atoms with Crippen molar-refractivity contribution in [3.8, 4) is 0 Å². The quantitative estimate of drug-likeness (QED) is 0.777. The molecule has 2 aromatic rings. The fraction of sp³-hybridized carbons (Fsp3) is 0.522. The van der Waals surface area contributed by atoms with E-state index in [0.717, 1.165) is 50.3 Å². The lowest BCUT2D eigenvalue weighted by Crippen LogP contribution is -2.38. The molecule has 1 amide bonds. The highest BCUT2D eigenvalue weighted by atomic mass is 16.2. The number of aromatic nitrogens is 2. The monoisotopic (exact) mass is 395 g/mol. The van der Waals surface area contributed by atoms with E-state index >= 15 is 0 Å². The Bertz CT molecular complexity index is 854. The van der Waals surface area contributed by atoms with Crippen molar-refractivity contribution in [3.05, 3.63) is 41.3 Å². The second kappa shape index (κ2) is 9.25. The maximum atomic E-state index is 12.9. The Morgan fingerprint density at radius 3 is 2.45 bits per heavy atom. The van der Waals surface area contributed by atoms with Crippen LogP contribution < -0.4 is 10.2 Å². The van der Waals surface area contributed by atoms with Gasteiger partial charge < -0.3 is 15.1 Å². The van der Waals surface area contributed by atoms with Gasteiger partial charge in [0, 0.05) is 43.6 Å². The smallest absolute Gasteiger partial charge is 0.272 e. The van der Waals surface area contributed by atoms with Crippen LogP contribution in [0, 0.1) is 19.8 Å². The molecule has 0 aliphatic carbocycles. The van der Waals surface area contributed by atoms with Crippen molar-refractivity contribution in [2.75, 3.05) is 36.4 Å². The van der Waals surface area contributed by atoms with Crippen LogP contribution in [-0.2, 0) is 0 Å². The van der Waals surface area contributed by atoms with E-state index in [9.17, 15) is 4.79 Å². The Morgan fingerprint density at radius 2 is 1.83 bits per heavy atom. The normalized spacial score (nSPS) is 14.7. The van der Waals surface area contributed by atoms with Gasteiger partial charge in [0.25, 0.3) is 5.91 Å². The molecule has 1 saturated heterocycles. The number of likely N-dealkylation sites (tertiary alicyclic amines) is 1. The summed E-state index contributed by atoms with van der Waals surface area (Å²) < 4.78 is 0. The van der Waals surface area contributed by atoms with E-state index in [1.807, 2.05) is 11.8 Å². The zero-order valence-electron chi connectivity index (χ0n) is 18.3. The van der Waals surface area contributed by atoms with Gasteiger partial charge in [0.15, 0.2) is 0 Å². The molecule has 0 bridgehead atoms. The fourth-order valence-electron chi connectivity index (χ4n) is 3.83. The molecule has 29 heavy (non-hydrogen) atoms. The van der Waals surface area contributed by atoms with Gasteiger partial charge in [-0.2, -0.15) is 0 Å². The van der Waals surface area contributed by atoms with Crippen LogP contribution in [0.3, 0.4) is 0 Å². The van der Waals surface area contributed by atoms with Crippen LogP contribution in [0.5, 0.6) is 0 Å². The standard InChI is InChI=1S/C23H33N5O/c1-6-27(7-2)19-8-9-20(17(4)14-19)26-22-15-21(24-18(5)25-22)23(29)28-12-10-16(3)11-13-28/h8-9,14-16H,6-7,10-13H2,1-5H3,(H,24,25,26). The molecule has 1 aromatic heterocycles. The lowest BCUT2D eigenvalue weighted by molar-refractivity contribution is 0.0691. The number of hydrogen-bond acceptors (Lipinski definition) is 5. The first kappa shape index (κ1) is 21.1. The number of hydrogen-bond donors (Lipinski definition) is 1. The van der Waals surface area contributed by atoms with Crippen molar-refractivity contribution in [3.63, 3.8) is 0 Å². The molecule has 0 spiro atoms. The number of carbonyl (C=O) groups is 1. The van der Waals surface area contributed by atoms with Gasteiger partial charge in [0.2, 0.25) is 0 Å². The van der Waals surface area contributed by atoms with Crippen molar-refractivity contribution >= 4 is 23.1 Å². The topological polar surface area (TPSA) is 61.4 Å². The summed E-state index contributed by atoms with van der Waals surface area (Å²) in [5.74, 6) is 1.94. The van der Waals surface area contributed by atoms with Crippen LogP contribution >= 0.6 is 0 Å². The van der Waals surface area contributed by atoms with Gasteiger partial charge in [-0.1, -0.05) is 6.92 Å². The first-order valence-electron chi connectivity index (χ1n) is 10.7. The predicted octanol–water partition coefficient (Wildman–Crippen LogP) is 4.56. The molecule has 1 N–H and O–H groups in total. The summed E-state index contributed by atoms with van der Waals surface area (Å²) in [5.41, 5.74) is 3.81. The van der Waals surface area contributed by atoms with E-state index in [0.29, 0.717) is 23.3 Å². The molecule has 1 aliphatic heterocycles. The third-order valence-electron chi connectivity index (χ3n) is 5.73. The second-order valence-corrected chi connectivity index (χ2v) is 7.96. The van der Waals surface area contributed by atoms with Gasteiger partial charge in [-0.25, -0.2) is 9.97 Å². The van der Waals surface area contributed by atoms with Gasteiger partial charge in [-0.05, 0) is 70.2 Å². The number of nitrogens with zero attached hydrogens (tertiary/aromatic N) is 4. The molecule has 6 nitrogen and oxygen atoms in total. The van der Waals surface area contributed by atoms with Crippen molar-refractivity contribution < 1.29 is 4.79 Å². The number of benzene rings is 1. The largest absolute Gasteiger partial charge is 0.372 e. The summed E-state index contributed by atoms with van der Waals surface area (Å²) in [7, 11) is 0. The van der Waals surface area contributed by atoms with Crippen molar-refractivity contribution in [1.29, 1.82) is 0 Å². The van der Waals surface area contributed by atoms with Crippen molar-refractivity contribution in [2.24, 2.45) is 5.92 Å². The lowest BCUT2D eigenvalue weighted by atomic mass is 9.99. The Morgan fingerprint density at radius 1 is 1.14 bits per heavy atom. The van der Waals surface area contributed by atoms with Gasteiger partial charge >= 0.3 is 0 Å². The zero-order chi connectivity index (χ0) is 21.0. The summed E-state index contributed by atoms with van der Waals surface area (Å²) in [6.07, 6.45) is 2.11. The number of anilines is 3. The van der Waals surface area contributed by atoms with Gasteiger partial charge in [0.1, 0.15) is 17.3 Å². The number of rotatable bonds is 6. The Balaban J connectivity index is 1.79. The van der Waals surface area contributed by atoms with E-state index in [1.165, 1.54) is 5.69 Å². The summed E-state index contributed by atoms with van der Waals surface area (Å²) in [6, 6.07) is 8.15. The van der Waals surface area contributed by atoms with Crippen LogP contribution in [0.15, 0.2) is 24.3 Å². The van der Waals surface area contributed by atoms with Crippen LogP contribution in [0.25, 0.3) is 0 Å². The van der Waals surface area contributed by atoms with Crippen molar-refractivity contribution in [1.82, 2.24) is 14.9 Å². The van der Waals surface area contributed by atoms with Gasteiger partial charge in [-0.3, -0.25) is 4.79 Å². The van der Waals surface area contributed by atoms with Crippen molar-refractivity contribution in [2.45, 2.75) is 47.5 Å². The average molecular weight is 396 g/mol. The Kier molecular flexibility index (Phi) is 6.72. The molecule has 3 rings (SSSR count).